The smallest absolute Gasteiger partial charge is 0.307 e. The van der Waals surface area contributed by atoms with Gasteiger partial charge >= 0.3 is 5.97 Å². The average molecular weight is 340 g/mol. The molecule has 0 saturated heterocycles. The first kappa shape index (κ1) is 18.3. The summed E-state index contributed by atoms with van der Waals surface area (Å²) in [5, 5.41) is 8.98. The van der Waals surface area contributed by atoms with Crippen LogP contribution in [0.1, 0.15) is 27.0 Å². The molecule has 0 spiro atoms. The van der Waals surface area contributed by atoms with Crippen molar-refractivity contribution in [3.05, 3.63) is 64.7 Å². The topological polar surface area (TPSA) is 72.8 Å². The first-order chi connectivity index (χ1) is 11.9. The van der Waals surface area contributed by atoms with Crippen LogP contribution in [0.2, 0.25) is 0 Å². The molecule has 0 radical (unpaired) electrons. The van der Waals surface area contributed by atoms with Crippen molar-refractivity contribution in [3.8, 4) is 11.5 Å². The number of aliphatic carboxylic acids is 1. The summed E-state index contributed by atoms with van der Waals surface area (Å²) in [5.41, 5.74) is 2.72. The van der Waals surface area contributed by atoms with Crippen molar-refractivity contribution in [1.29, 1.82) is 0 Å². The van der Waals surface area contributed by atoms with Gasteiger partial charge in [0.1, 0.15) is 11.5 Å². The zero-order valence-corrected chi connectivity index (χ0v) is 14.4. The third-order valence-electron chi connectivity index (χ3n) is 3.71. The molecule has 0 atom stereocenters. The number of aryl methyl sites for hydroxylation is 1. The Labute approximate surface area is 146 Å². The molecule has 130 valence electrons. The Balaban J connectivity index is 2.29. The number of carbonyl (C=O) groups is 2. The van der Waals surface area contributed by atoms with Gasteiger partial charge in [-0.2, -0.15) is 0 Å². The molecule has 2 aromatic carbocycles. The van der Waals surface area contributed by atoms with Crippen LogP contribution in [0.4, 0.5) is 0 Å². The molecule has 0 fully saturated rings. The molecule has 0 amide bonds. The third kappa shape index (κ3) is 4.70. The number of hydrogen-bond acceptors (Lipinski definition) is 4. The monoisotopic (exact) mass is 340 g/mol. The fourth-order valence-electron chi connectivity index (χ4n) is 2.48. The second kappa shape index (κ2) is 8.15. The maximum Gasteiger partial charge on any atom is 0.307 e. The highest BCUT2D eigenvalue weighted by Gasteiger charge is 2.11. The number of benzene rings is 2. The Bertz CT molecular complexity index is 821. The molecule has 0 unspecified atom stereocenters. The number of carboxylic acid groups (broad SMARTS) is 1. The SMILES string of the molecule is COc1ccc(C)cc1/C=C/C(=O)c1ccc(OC)c(CC(=O)O)c1. The van der Waals surface area contributed by atoms with Crippen LogP contribution < -0.4 is 9.47 Å². The summed E-state index contributed by atoms with van der Waals surface area (Å²) in [5.74, 6) is -0.0833. The van der Waals surface area contributed by atoms with Gasteiger partial charge in [-0.25, -0.2) is 0 Å². The van der Waals surface area contributed by atoms with Crippen molar-refractivity contribution in [2.45, 2.75) is 13.3 Å². The van der Waals surface area contributed by atoms with Crippen LogP contribution in [0.15, 0.2) is 42.5 Å². The normalized spacial score (nSPS) is 10.7. The lowest BCUT2D eigenvalue weighted by molar-refractivity contribution is -0.136. The molecule has 0 bridgehead atoms. The number of ketones is 1. The molecule has 0 aliphatic heterocycles. The average Bonchev–Trinajstić information content (AvgIpc) is 2.59. The fourth-order valence-corrected chi connectivity index (χ4v) is 2.48. The van der Waals surface area contributed by atoms with E-state index in [1.807, 2.05) is 25.1 Å². The Morgan fingerprint density at radius 1 is 1.04 bits per heavy atom. The van der Waals surface area contributed by atoms with Gasteiger partial charge in [0, 0.05) is 16.7 Å². The predicted molar refractivity (Wildman–Crippen MR) is 95.4 cm³/mol. The van der Waals surface area contributed by atoms with E-state index >= 15 is 0 Å². The van der Waals surface area contributed by atoms with Gasteiger partial charge in [0.05, 0.1) is 20.6 Å². The molecule has 5 nitrogen and oxygen atoms in total. The summed E-state index contributed by atoms with van der Waals surface area (Å²) >= 11 is 0. The van der Waals surface area contributed by atoms with Gasteiger partial charge in [0.25, 0.3) is 0 Å². The van der Waals surface area contributed by atoms with E-state index in [0.29, 0.717) is 22.6 Å². The number of allylic oxidation sites excluding steroid dienone is 1. The van der Waals surface area contributed by atoms with Crippen LogP contribution in [-0.4, -0.2) is 31.1 Å². The summed E-state index contributed by atoms with van der Waals surface area (Å²) in [6.45, 7) is 1.96. The van der Waals surface area contributed by atoms with Gasteiger partial charge in [-0.05, 0) is 49.4 Å². The number of carbonyl (C=O) groups excluding carboxylic acids is 1. The molecule has 25 heavy (non-hydrogen) atoms. The Morgan fingerprint density at radius 2 is 1.72 bits per heavy atom. The van der Waals surface area contributed by atoms with Crippen molar-refractivity contribution in [2.75, 3.05) is 14.2 Å². The minimum atomic E-state index is -0.983. The number of methoxy groups -OCH3 is 2. The summed E-state index contributed by atoms with van der Waals surface area (Å²) in [6, 6.07) is 10.5. The van der Waals surface area contributed by atoms with Crippen molar-refractivity contribution in [2.24, 2.45) is 0 Å². The molecule has 5 heteroatoms. The van der Waals surface area contributed by atoms with Crippen molar-refractivity contribution >= 4 is 17.8 Å². The lowest BCUT2D eigenvalue weighted by Crippen LogP contribution is -2.04. The minimum absolute atomic E-state index is 0.209. The highest BCUT2D eigenvalue weighted by atomic mass is 16.5. The van der Waals surface area contributed by atoms with Crippen LogP contribution in [-0.2, 0) is 11.2 Å². The van der Waals surface area contributed by atoms with Crippen LogP contribution in [0.3, 0.4) is 0 Å². The zero-order chi connectivity index (χ0) is 18.4. The van der Waals surface area contributed by atoms with E-state index in [0.717, 1.165) is 11.1 Å². The highest BCUT2D eigenvalue weighted by molar-refractivity contribution is 6.07. The van der Waals surface area contributed by atoms with E-state index in [2.05, 4.69) is 0 Å². The van der Waals surface area contributed by atoms with Crippen molar-refractivity contribution < 1.29 is 24.2 Å². The van der Waals surface area contributed by atoms with E-state index in [4.69, 9.17) is 14.6 Å². The lowest BCUT2D eigenvalue weighted by Gasteiger charge is -2.08. The molecule has 0 aliphatic carbocycles. The maximum atomic E-state index is 12.4. The second-order valence-corrected chi connectivity index (χ2v) is 5.54. The predicted octanol–water partition coefficient (Wildman–Crippen LogP) is 3.54. The van der Waals surface area contributed by atoms with Crippen LogP contribution in [0.5, 0.6) is 11.5 Å². The highest BCUT2D eigenvalue weighted by Crippen LogP contribution is 2.23. The van der Waals surface area contributed by atoms with Gasteiger partial charge in [0.2, 0.25) is 0 Å². The molecular weight excluding hydrogens is 320 g/mol. The van der Waals surface area contributed by atoms with Crippen LogP contribution in [0, 0.1) is 6.92 Å². The molecule has 0 aliphatic rings. The third-order valence-corrected chi connectivity index (χ3v) is 3.71. The molecule has 1 N–H and O–H groups in total. The molecular formula is C20H20O5. The molecule has 0 heterocycles. The molecule has 2 rings (SSSR count). The zero-order valence-electron chi connectivity index (χ0n) is 14.4. The van der Waals surface area contributed by atoms with Gasteiger partial charge in [-0.1, -0.05) is 11.6 Å². The van der Waals surface area contributed by atoms with E-state index in [9.17, 15) is 9.59 Å². The Kier molecular flexibility index (Phi) is 5.95. The van der Waals surface area contributed by atoms with E-state index in [1.165, 1.54) is 13.2 Å². The maximum absolute atomic E-state index is 12.4. The largest absolute Gasteiger partial charge is 0.496 e. The fraction of sp³-hybridized carbons (Fsp3) is 0.200. The van der Waals surface area contributed by atoms with E-state index in [1.54, 1.807) is 31.4 Å². The molecule has 2 aromatic rings. The standard InChI is InChI=1S/C20H20O5/c1-13-4-8-18(24-2)15(10-13)5-7-17(21)14-6-9-19(25-3)16(11-14)12-20(22)23/h4-11H,12H2,1-3H3,(H,22,23)/b7-5+. The van der Waals surface area contributed by atoms with Gasteiger partial charge < -0.3 is 14.6 Å². The number of rotatable bonds is 7. The van der Waals surface area contributed by atoms with Gasteiger partial charge in [-0.15, -0.1) is 0 Å². The number of carboxylic acids is 1. The van der Waals surface area contributed by atoms with Crippen LogP contribution in [0.25, 0.3) is 6.08 Å². The van der Waals surface area contributed by atoms with Crippen LogP contribution >= 0.6 is 0 Å². The number of hydrogen-bond donors (Lipinski definition) is 1. The first-order valence-electron chi connectivity index (χ1n) is 7.70. The van der Waals surface area contributed by atoms with Crippen molar-refractivity contribution in [1.82, 2.24) is 0 Å². The quantitative estimate of drug-likeness (QED) is 0.616. The number of ether oxygens (including phenoxy) is 2. The van der Waals surface area contributed by atoms with Crippen molar-refractivity contribution in [3.63, 3.8) is 0 Å². The minimum Gasteiger partial charge on any atom is -0.496 e. The van der Waals surface area contributed by atoms with Gasteiger partial charge in [-0.3, -0.25) is 9.59 Å². The first-order valence-corrected chi connectivity index (χ1v) is 7.70. The summed E-state index contributed by atoms with van der Waals surface area (Å²) in [7, 11) is 3.04. The van der Waals surface area contributed by atoms with E-state index in [-0.39, 0.29) is 12.2 Å². The second-order valence-electron chi connectivity index (χ2n) is 5.54. The Hall–Kier alpha value is -3.08. The summed E-state index contributed by atoms with van der Waals surface area (Å²) in [4.78, 5) is 23.4. The van der Waals surface area contributed by atoms with Gasteiger partial charge in [0.15, 0.2) is 5.78 Å². The lowest BCUT2D eigenvalue weighted by atomic mass is 10.0. The summed E-state index contributed by atoms with van der Waals surface area (Å²) in [6.07, 6.45) is 2.93. The molecule has 0 saturated carbocycles. The Morgan fingerprint density at radius 3 is 2.36 bits per heavy atom. The molecule has 0 aromatic heterocycles. The summed E-state index contributed by atoms with van der Waals surface area (Å²) < 4.78 is 10.4. The van der Waals surface area contributed by atoms with E-state index < -0.39 is 5.97 Å².